The van der Waals surface area contributed by atoms with E-state index in [1.807, 2.05) is 0 Å². The Morgan fingerprint density at radius 2 is 2.06 bits per heavy atom. The molecule has 4 rings (SSSR count). The van der Waals surface area contributed by atoms with Gasteiger partial charge in [-0.05, 0) is 29.8 Å². The second-order valence-corrected chi connectivity index (χ2v) is 8.99. The molecule has 33 heavy (non-hydrogen) atoms. The van der Waals surface area contributed by atoms with E-state index in [0.29, 0.717) is 26.8 Å². The number of nitrogens with two attached hydrogens (primary N) is 1. The fraction of sp³-hybridized carbons (Fsp3) is 0.261. The molecule has 1 saturated heterocycles. The molecule has 0 radical (unpaired) electrons. The molecule has 2 aromatic heterocycles. The van der Waals surface area contributed by atoms with Gasteiger partial charge in [0.25, 0.3) is 11.8 Å². The lowest BCUT2D eigenvalue weighted by Gasteiger charge is -2.35. The Morgan fingerprint density at radius 3 is 2.70 bits per heavy atom. The lowest BCUT2D eigenvalue weighted by Crippen LogP contribution is -2.53. The summed E-state index contributed by atoms with van der Waals surface area (Å²) in [6.07, 6.45) is -0.515. The van der Waals surface area contributed by atoms with Crippen molar-refractivity contribution >= 4 is 34.0 Å². The highest BCUT2D eigenvalue weighted by molar-refractivity contribution is 7.19. The van der Waals surface area contributed by atoms with Crippen LogP contribution < -0.4 is 11.1 Å². The predicted molar refractivity (Wildman–Crippen MR) is 123 cm³/mol. The zero-order valence-corrected chi connectivity index (χ0v) is 18.6. The molecule has 5 N–H and O–H groups in total. The molecular weight excluding hydrogens is 447 g/mol. The largest absolute Gasteiger partial charge is 0.396 e. The van der Waals surface area contributed by atoms with Crippen molar-refractivity contribution in [2.75, 3.05) is 25.0 Å². The number of primary amides is 1. The molecule has 2 amide bonds. The molecule has 8 nitrogen and oxygen atoms in total. The van der Waals surface area contributed by atoms with Crippen LogP contribution in [0.25, 0.3) is 10.4 Å². The van der Waals surface area contributed by atoms with Gasteiger partial charge in [-0.1, -0.05) is 25.1 Å². The smallest absolute Gasteiger partial charge is 0.272 e. The standard InChI is InChI=1S/C23H23FN4O4S/c1-12(11-29)13-5-6-15(17(24)7-13)19-8-16(21(25)31)22(33-19)27-20-4-2-3-18(26-20)23(32)28-9-14(30)10-28/h2-8,12,14,29-30H,9-11H2,1H3,(H2,25,31)(H,26,27). The van der Waals surface area contributed by atoms with Crippen molar-refractivity contribution < 1.29 is 24.2 Å². The van der Waals surface area contributed by atoms with Gasteiger partial charge in [0.1, 0.15) is 22.3 Å². The quantitative estimate of drug-likeness (QED) is 0.420. The van der Waals surface area contributed by atoms with Crippen LogP contribution in [0.2, 0.25) is 0 Å². The molecule has 3 aromatic rings. The van der Waals surface area contributed by atoms with Crippen LogP contribution in [-0.4, -0.2) is 57.7 Å². The van der Waals surface area contributed by atoms with E-state index in [1.165, 1.54) is 17.0 Å². The molecule has 10 heteroatoms. The third-order valence-electron chi connectivity index (χ3n) is 5.46. The molecule has 0 aliphatic carbocycles. The maximum atomic E-state index is 14.8. The first-order chi connectivity index (χ1) is 15.8. The fourth-order valence-electron chi connectivity index (χ4n) is 3.47. The third-order valence-corrected chi connectivity index (χ3v) is 6.54. The van der Waals surface area contributed by atoms with Crippen LogP contribution in [0.3, 0.4) is 0 Å². The van der Waals surface area contributed by atoms with E-state index >= 15 is 0 Å². The highest BCUT2D eigenvalue weighted by atomic mass is 32.1. The summed E-state index contributed by atoms with van der Waals surface area (Å²) >= 11 is 1.14. The zero-order valence-electron chi connectivity index (χ0n) is 17.8. The molecule has 172 valence electrons. The Hall–Kier alpha value is -3.34. The molecule has 0 saturated carbocycles. The van der Waals surface area contributed by atoms with Crippen LogP contribution in [0.1, 0.15) is 39.3 Å². The number of thiophene rings is 1. The molecule has 1 aromatic carbocycles. The Bertz CT molecular complexity index is 1210. The molecule has 1 fully saturated rings. The number of nitrogens with one attached hydrogen (secondary N) is 1. The van der Waals surface area contributed by atoms with Gasteiger partial charge in [-0.2, -0.15) is 0 Å². The molecule has 1 aliphatic rings. The van der Waals surface area contributed by atoms with E-state index in [2.05, 4.69) is 10.3 Å². The number of nitrogens with zero attached hydrogens (tertiary/aromatic N) is 2. The van der Waals surface area contributed by atoms with Crippen LogP contribution in [0.5, 0.6) is 0 Å². The zero-order chi connectivity index (χ0) is 23.7. The van der Waals surface area contributed by atoms with Gasteiger partial charge >= 0.3 is 0 Å². The molecule has 0 spiro atoms. The van der Waals surface area contributed by atoms with Crippen molar-refractivity contribution in [1.29, 1.82) is 0 Å². The molecule has 1 atom stereocenters. The number of benzene rings is 1. The van der Waals surface area contributed by atoms with Crippen LogP contribution >= 0.6 is 11.3 Å². The minimum Gasteiger partial charge on any atom is -0.396 e. The van der Waals surface area contributed by atoms with Crippen molar-refractivity contribution in [3.05, 3.63) is 65.1 Å². The Balaban J connectivity index is 1.61. The first-order valence-electron chi connectivity index (χ1n) is 10.3. The van der Waals surface area contributed by atoms with Gasteiger partial charge in [0.2, 0.25) is 0 Å². The summed E-state index contributed by atoms with van der Waals surface area (Å²) in [6.45, 7) is 2.23. The van der Waals surface area contributed by atoms with E-state index in [9.17, 15) is 24.2 Å². The number of pyridine rings is 1. The fourth-order valence-corrected chi connectivity index (χ4v) is 4.56. The van der Waals surface area contributed by atoms with E-state index in [0.717, 1.165) is 11.3 Å². The van der Waals surface area contributed by atoms with Crippen LogP contribution in [0, 0.1) is 5.82 Å². The summed E-state index contributed by atoms with van der Waals surface area (Å²) in [5, 5.41) is 22.1. The Kier molecular flexibility index (Phi) is 6.41. The molecular formula is C23H23FN4O4S. The topological polar surface area (TPSA) is 129 Å². The van der Waals surface area contributed by atoms with Crippen LogP contribution in [0.4, 0.5) is 15.2 Å². The van der Waals surface area contributed by atoms with Crippen molar-refractivity contribution in [3.63, 3.8) is 0 Å². The van der Waals surface area contributed by atoms with Gasteiger partial charge in [0.05, 0.1) is 11.7 Å². The first kappa shape index (κ1) is 22.8. The number of aromatic nitrogens is 1. The second kappa shape index (κ2) is 9.26. The summed E-state index contributed by atoms with van der Waals surface area (Å²) in [6, 6.07) is 11.1. The lowest BCUT2D eigenvalue weighted by molar-refractivity contribution is 0.00552. The molecule has 1 unspecified atom stereocenters. The summed E-state index contributed by atoms with van der Waals surface area (Å²) in [5.74, 6) is -1.33. The average Bonchev–Trinajstić information content (AvgIpc) is 3.19. The summed E-state index contributed by atoms with van der Waals surface area (Å²) in [7, 11) is 0. The third kappa shape index (κ3) is 4.72. The number of aliphatic hydroxyl groups excluding tert-OH is 2. The van der Waals surface area contributed by atoms with Gasteiger partial charge in [-0.15, -0.1) is 11.3 Å². The van der Waals surface area contributed by atoms with E-state index < -0.39 is 17.8 Å². The SMILES string of the molecule is CC(CO)c1ccc(-c2cc(C(N)=O)c(Nc3cccc(C(=O)N4CC(O)C4)n3)s2)c(F)c1. The first-order valence-corrected chi connectivity index (χ1v) is 11.1. The number of carbonyl (C=O) groups is 2. The van der Waals surface area contributed by atoms with Gasteiger partial charge in [-0.25, -0.2) is 9.37 Å². The number of halogens is 1. The van der Waals surface area contributed by atoms with Gasteiger partial charge in [0.15, 0.2) is 0 Å². The van der Waals surface area contributed by atoms with Crippen molar-refractivity contribution in [2.45, 2.75) is 18.9 Å². The van der Waals surface area contributed by atoms with Crippen molar-refractivity contribution in [2.24, 2.45) is 5.73 Å². The number of likely N-dealkylation sites (tertiary alicyclic amines) is 1. The maximum Gasteiger partial charge on any atom is 0.272 e. The number of aliphatic hydroxyl groups is 2. The van der Waals surface area contributed by atoms with E-state index in [4.69, 9.17) is 5.73 Å². The number of carbonyl (C=O) groups excluding carboxylic acids is 2. The second-order valence-electron chi connectivity index (χ2n) is 7.94. The summed E-state index contributed by atoms with van der Waals surface area (Å²) < 4.78 is 14.8. The number of hydrogen-bond acceptors (Lipinski definition) is 7. The van der Waals surface area contributed by atoms with Crippen molar-refractivity contribution in [3.8, 4) is 10.4 Å². The highest BCUT2D eigenvalue weighted by Gasteiger charge is 2.30. The van der Waals surface area contributed by atoms with E-state index in [-0.39, 0.29) is 42.8 Å². The van der Waals surface area contributed by atoms with Crippen LogP contribution in [0.15, 0.2) is 42.5 Å². The van der Waals surface area contributed by atoms with Gasteiger partial charge in [-0.3, -0.25) is 9.59 Å². The lowest BCUT2D eigenvalue weighted by atomic mass is 9.99. The van der Waals surface area contributed by atoms with Gasteiger partial charge < -0.3 is 26.2 Å². The monoisotopic (exact) mass is 470 g/mol. The number of β-amino-alcohol motifs (C(OH)–C–C–N with tert-alkyl or cyclic N) is 1. The Morgan fingerprint density at radius 1 is 1.30 bits per heavy atom. The predicted octanol–water partition coefficient (Wildman–Crippen LogP) is 2.70. The minimum absolute atomic E-state index is 0.0927. The Labute approximate surface area is 193 Å². The summed E-state index contributed by atoms with van der Waals surface area (Å²) in [4.78, 5) is 30.8. The number of amides is 2. The number of anilines is 2. The van der Waals surface area contributed by atoms with E-state index in [1.54, 1.807) is 37.3 Å². The summed E-state index contributed by atoms with van der Waals surface area (Å²) in [5.41, 5.74) is 6.88. The van der Waals surface area contributed by atoms with Crippen molar-refractivity contribution in [1.82, 2.24) is 9.88 Å². The number of rotatable bonds is 7. The highest BCUT2D eigenvalue weighted by Crippen LogP contribution is 2.38. The normalized spacial score (nSPS) is 14.6. The average molecular weight is 471 g/mol. The maximum absolute atomic E-state index is 14.8. The molecule has 1 aliphatic heterocycles. The minimum atomic E-state index is -0.687. The molecule has 3 heterocycles. The molecule has 0 bridgehead atoms. The van der Waals surface area contributed by atoms with Crippen LogP contribution in [-0.2, 0) is 0 Å². The van der Waals surface area contributed by atoms with Gasteiger partial charge in [0, 0.05) is 36.1 Å². The number of hydrogen-bond donors (Lipinski definition) is 4.